The fraction of sp³-hybridized carbons (Fsp3) is 0.222. The van der Waals surface area contributed by atoms with Gasteiger partial charge in [0.2, 0.25) is 5.78 Å². The van der Waals surface area contributed by atoms with Gasteiger partial charge in [-0.2, -0.15) is 0 Å². The van der Waals surface area contributed by atoms with Gasteiger partial charge in [0.05, 0.1) is 12.1 Å². The van der Waals surface area contributed by atoms with Crippen LogP contribution in [0, 0.1) is 6.92 Å². The SMILES string of the molecule is C=CCOC(=O)Cc1ccc(C(=O)c2ccc(C)cc2)n1C. The van der Waals surface area contributed by atoms with Crippen LogP contribution in [0.2, 0.25) is 0 Å². The molecule has 1 heterocycles. The van der Waals surface area contributed by atoms with Crippen molar-refractivity contribution in [1.82, 2.24) is 4.57 Å². The molecule has 2 aromatic rings. The van der Waals surface area contributed by atoms with E-state index in [1.54, 1.807) is 23.7 Å². The summed E-state index contributed by atoms with van der Waals surface area (Å²) < 4.78 is 6.70. The standard InChI is InChI=1S/C18H19NO3/c1-4-11-22-17(20)12-15-9-10-16(19(15)3)18(21)14-7-5-13(2)6-8-14/h4-10H,1,11-12H2,2-3H3. The minimum absolute atomic E-state index is 0.0618. The fourth-order valence-electron chi connectivity index (χ4n) is 2.16. The van der Waals surface area contributed by atoms with Crippen molar-refractivity contribution in [3.8, 4) is 0 Å². The van der Waals surface area contributed by atoms with E-state index in [2.05, 4.69) is 6.58 Å². The number of hydrogen-bond acceptors (Lipinski definition) is 3. The zero-order valence-electron chi connectivity index (χ0n) is 12.8. The van der Waals surface area contributed by atoms with Crippen LogP contribution in [0.15, 0.2) is 49.1 Å². The van der Waals surface area contributed by atoms with Crippen LogP contribution in [0.1, 0.15) is 27.3 Å². The summed E-state index contributed by atoms with van der Waals surface area (Å²) in [5.41, 5.74) is 3.03. The van der Waals surface area contributed by atoms with E-state index in [-0.39, 0.29) is 24.8 Å². The molecule has 0 amide bonds. The summed E-state index contributed by atoms with van der Waals surface area (Å²) in [7, 11) is 1.78. The maximum atomic E-state index is 12.5. The molecule has 4 nitrogen and oxygen atoms in total. The molecule has 114 valence electrons. The second-order valence-electron chi connectivity index (χ2n) is 5.11. The molecule has 0 aliphatic carbocycles. The van der Waals surface area contributed by atoms with E-state index in [0.717, 1.165) is 11.3 Å². The molecule has 0 aliphatic heterocycles. The monoisotopic (exact) mass is 297 g/mol. The Labute approximate surface area is 130 Å². The first-order valence-electron chi connectivity index (χ1n) is 7.05. The Morgan fingerprint density at radius 3 is 2.50 bits per heavy atom. The number of ketones is 1. The van der Waals surface area contributed by atoms with E-state index >= 15 is 0 Å². The van der Waals surface area contributed by atoms with Crippen molar-refractivity contribution in [2.75, 3.05) is 6.61 Å². The second-order valence-corrected chi connectivity index (χ2v) is 5.11. The minimum Gasteiger partial charge on any atom is -0.461 e. The van der Waals surface area contributed by atoms with Crippen molar-refractivity contribution in [1.29, 1.82) is 0 Å². The van der Waals surface area contributed by atoms with Crippen LogP contribution >= 0.6 is 0 Å². The average molecular weight is 297 g/mol. The molecule has 0 N–H and O–H groups in total. The van der Waals surface area contributed by atoms with Crippen molar-refractivity contribution in [2.24, 2.45) is 7.05 Å². The van der Waals surface area contributed by atoms with Gasteiger partial charge in [0.1, 0.15) is 6.61 Å². The number of carbonyl (C=O) groups excluding carboxylic acids is 2. The Balaban J connectivity index is 2.16. The van der Waals surface area contributed by atoms with Gasteiger partial charge in [0.25, 0.3) is 0 Å². The predicted octanol–water partition coefficient (Wildman–Crippen LogP) is 2.84. The summed E-state index contributed by atoms with van der Waals surface area (Å²) in [6.07, 6.45) is 1.65. The van der Waals surface area contributed by atoms with Gasteiger partial charge in [-0.1, -0.05) is 42.5 Å². The number of aryl methyl sites for hydroxylation is 1. The highest BCUT2D eigenvalue weighted by atomic mass is 16.5. The Hall–Kier alpha value is -2.62. The van der Waals surface area contributed by atoms with Crippen LogP contribution in [-0.4, -0.2) is 22.9 Å². The molecule has 0 fully saturated rings. The lowest BCUT2D eigenvalue weighted by molar-refractivity contribution is -0.141. The highest BCUT2D eigenvalue weighted by Gasteiger charge is 2.16. The summed E-state index contributed by atoms with van der Waals surface area (Å²) in [5, 5.41) is 0. The molecular weight excluding hydrogens is 278 g/mol. The highest BCUT2D eigenvalue weighted by Crippen LogP contribution is 2.14. The van der Waals surface area contributed by atoms with Crippen LogP contribution in [0.4, 0.5) is 0 Å². The minimum atomic E-state index is -0.338. The lowest BCUT2D eigenvalue weighted by Gasteiger charge is -2.07. The molecule has 0 saturated carbocycles. The fourth-order valence-corrected chi connectivity index (χ4v) is 2.16. The van der Waals surface area contributed by atoms with Crippen molar-refractivity contribution in [3.05, 3.63) is 71.6 Å². The maximum absolute atomic E-state index is 12.5. The molecule has 0 bridgehead atoms. The summed E-state index contributed by atoms with van der Waals surface area (Å²) in [5.74, 6) is -0.399. The van der Waals surface area contributed by atoms with E-state index in [9.17, 15) is 9.59 Å². The molecule has 0 spiro atoms. The van der Waals surface area contributed by atoms with E-state index in [1.165, 1.54) is 6.08 Å². The largest absolute Gasteiger partial charge is 0.461 e. The van der Waals surface area contributed by atoms with Gasteiger partial charge < -0.3 is 9.30 Å². The van der Waals surface area contributed by atoms with Gasteiger partial charge in [-0.3, -0.25) is 9.59 Å². The summed E-state index contributed by atoms with van der Waals surface area (Å²) in [6.45, 7) is 5.67. The van der Waals surface area contributed by atoms with Gasteiger partial charge in [0.15, 0.2) is 0 Å². The highest BCUT2D eigenvalue weighted by molar-refractivity contribution is 6.08. The van der Waals surface area contributed by atoms with Crippen LogP contribution in [-0.2, 0) is 23.0 Å². The van der Waals surface area contributed by atoms with E-state index in [1.807, 2.05) is 31.2 Å². The Morgan fingerprint density at radius 2 is 1.86 bits per heavy atom. The maximum Gasteiger partial charge on any atom is 0.312 e. The third-order valence-electron chi connectivity index (χ3n) is 3.46. The van der Waals surface area contributed by atoms with Crippen molar-refractivity contribution in [3.63, 3.8) is 0 Å². The molecule has 0 saturated heterocycles. The van der Waals surface area contributed by atoms with Gasteiger partial charge in [0, 0.05) is 18.3 Å². The van der Waals surface area contributed by atoms with Crippen molar-refractivity contribution < 1.29 is 14.3 Å². The molecule has 1 aromatic carbocycles. The number of esters is 1. The Kier molecular flexibility index (Phi) is 4.94. The molecule has 0 atom stereocenters. The number of hydrogen-bond donors (Lipinski definition) is 0. The quantitative estimate of drug-likeness (QED) is 0.468. The summed E-state index contributed by atoms with van der Waals surface area (Å²) >= 11 is 0. The number of ether oxygens (including phenoxy) is 1. The number of rotatable bonds is 6. The molecule has 1 aromatic heterocycles. The third kappa shape index (κ3) is 3.52. The van der Waals surface area contributed by atoms with Crippen LogP contribution in [0.3, 0.4) is 0 Å². The molecule has 0 unspecified atom stereocenters. The predicted molar refractivity (Wildman–Crippen MR) is 84.9 cm³/mol. The molecule has 4 heteroatoms. The first kappa shape index (κ1) is 15.8. The average Bonchev–Trinajstić information content (AvgIpc) is 2.86. The first-order chi connectivity index (χ1) is 10.5. The third-order valence-corrected chi connectivity index (χ3v) is 3.46. The number of aromatic nitrogens is 1. The van der Waals surface area contributed by atoms with Gasteiger partial charge >= 0.3 is 5.97 Å². The zero-order chi connectivity index (χ0) is 16.1. The van der Waals surface area contributed by atoms with Crippen molar-refractivity contribution >= 4 is 11.8 Å². The molecule has 0 radical (unpaired) electrons. The number of benzene rings is 1. The number of carbonyl (C=O) groups is 2. The second kappa shape index (κ2) is 6.89. The molecule has 2 rings (SSSR count). The van der Waals surface area contributed by atoms with E-state index < -0.39 is 0 Å². The topological polar surface area (TPSA) is 48.3 Å². The van der Waals surface area contributed by atoms with Crippen molar-refractivity contribution in [2.45, 2.75) is 13.3 Å². The molecule has 22 heavy (non-hydrogen) atoms. The Bertz CT molecular complexity index is 696. The Morgan fingerprint density at radius 1 is 1.18 bits per heavy atom. The van der Waals surface area contributed by atoms with Crippen LogP contribution < -0.4 is 0 Å². The summed E-state index contributed by atoms with van der Waals surface area (Å²) in [4.78, 5) is 24.1. The lowest BCUT2D eigenvalue weighted by atomic mass is 10.1. The smallest absolute Gasteiger partial charge is 0.312 e. The van der Waals surface area contributed by atoms with Crippen LogP contribution in [0.25, 0.3) is 0 Å². The normalized spacial score (nSPS) is 10.3. The van der Waals surface area contributed by atoms with E-state index in [4.69, 9.17) is 4.74 Å². The van der Waals surface area contributed by atoms with Crippen LogP contribution in [0.5, 0.6) is 0 Å². The van der Waals surface area contributed by atoms with Gasteiger partial charge in [-0.15, -0.1) is 0 Å². The zero-order valence-corrected chi connectivity index (χ0v) is 12.8. The molecular formula is C18H19NO3. The summed E-state index contributed by atoms with van der Waals surface area (Å²) in [6, 6.07) is 10.9. The van der Waals surface area contributed by atoms with Gasteiger partial charge in [-0.25, -0.2) is 0 Å². The molecule has 0 aliphatic rings. The first-order valence-corrected chi connectivity index (χ1v) is 7.05. The lowest BCUT2D eigenvalue weighted by Crippen LogP contribution is -2.13. The van der Waals surface area contributed by atoms with Gasteiger partial charge in [-0.05, 0) is 19.1 Å². The van der Waals surface area contributed by atoms with E-state index in [0.29, 0.717) is 11.3 Å². The number of nitrogens with zero attached hydrogens (tertiary/aromatic N) is 1.